The van der Waals surface area contributed by atoms with E-state index in [0.717, 1.165) is 0 Å². The Balaban J connectivity index is 2.35. The second-order valence-corrected chi connectivity index (χ2v) is 6.88. The van der Waals surface area contributed by atoms with E-state index in [9.17, 15) is 9.59 Å². The standard InChI is InChI=1S/C12H17N5O3S/c1-12(2,3)20-11(19)8-6(4-15-16-14)5-21-10-7(13)9(18)17(8)10/h7,10H,4-5,13H2,1-3H3/t7?,10-/m1/s1. The number of carbonyl (C=O) groups excluding carboxylic acids is 2. The van der Waals surface area contributed by atoms with Gasteiger partial charge in [0.25, 0.3) is 0 Å². The predicted molar refractivity (Wildman–Crippen MR) is 78.0 cm³/mol. The highest BCUT2D eigenvalue weighted by molar-refractivity contribution is 8.00. The highest BCUT2D eigenvalue weighted by Gasteiger charge is 2.52. The van der Waals surface area contributed by atoms with Crippen molar-refractivity contribution in [2.45, 2.75) is 37.8 Å². The van der Waals surface area contributed by atoms with Crippen LogP contribution < -0.4 is 5.73 Å². The second kappa shape index (κ2) is 5.59. The first-order valence-corrected chi connectivity index (χ1v) is 7.47. The Labute approximate surface area is 126 Å². The first kappa shape index (κ1) is 15.7. The van der Waals surface area contributed by atoms with Gasteiger partial charge in [0.2, 0.25) is 5.91 Å². The highest BCUT2D eigenvalue weighted by atomic mass is 32.2. The number of fused-ring (bicyclic) bond motifs is 1. The molecule has 21 heavy (non-hydrogen) atoms. The van der Waals surface area contributed by atoms with Gasteiger partial charge in [-0.15, -0.1) is 11.8 Å². The van der Waals surface area contributed by atoms with Gasteiger partial charge in [-0.3, -0.25) is 9.69 Å². The Morgan fingerprint density at radius 1 is 1.62 bits per heavy atom. The monoisotopic (exact) mass is 311 g/mol. The van der Waals surface area contributed by atoms with Crippen molar-refractivity contribution in [3.05, 3.63) is 21.7 Å². The van der Waals surface area contributed by atoms with Crippen molar-refractivity contribution in [2.75, 3.05) is 12.3 Å². The van der Waals surface area contributed by atoms with Crippen molar-refractivity contribution in [2.24, 2.45) is 10.8 Å². The quantitative estimate of drug-likeness (QED) is 0.275. The molecule has 2 N–H and O–H groups in total. The van der Waals surface area contributed by atoms with Crippen LogP contribution in [0.1, 0.15) is 20.8 Å². The molecule has 0 spiro atoms. The largest absolute Gasteiger partial charge is 0.455 e. The van der Waals surface area contributed by atoms with Crippen molar-refractivity contribution in [1.82, 2.24) is 4.90 Å². The molecule has 2 aliphatic rings. The van der Waals surface area contributed by atoms with E-state index in [2.05, 4.69) is 10.0 Å². The van der Waals surface area contributed by atoms with E-state index in [4.69, 9.17) is 16.0 Å². The van der Waals surface area contributed by atoms with E-state index in [1.54, 1.807) is 20.8 Å². The number of ether oxygens (including phenoxy) is 1. The normalized spacial score (nSPS) is 25.0. The molecule has 0 saturated carbocycles. The number of esters is 1. The molecule has 0 aromatic heterocycles. The van der Waals surface area contributed by atoms with Crippen LogP contribution in [0.25, 0.3) is 10.4 Å². The number of nitrogens with two attached hydrogens (primary N) is 1. The number of azide groups is 1. The van der Waals surface area contributed by atoms with Gasteiger partial charge in [0.1, 0.15) is 22.7 Å². The third kappa shape index (κ3) is 2.99. The van der Waals surface area contributed by atoms with Crippen LogP contribution in [-0.2, 0) is 14.3 Å². The van der Waals surface area contributed by atoms with Crippen LogP contribution in [0.15, 0.2) is 16.4 Å². The number of thioether (sulfide) groups is 1. The van der Waals surface area contributed by atoms with Gasteiger partial charge in [-0.05, 0) is 31.9 Å². The van der Waals surface area contributed by atoms with Gasteiger partial charge in [-0.25, -0.2) is 4.79 Å². The molecule has 9 heteroatoms. The molecule has 2 heterocycles. The molecule has 1 unspecified atom stereocenters. The zero-order chi connectivity index (χ0) is 15.8. The number of hydrogen-bond acceptors (Lipinski definition) is 6. The summed E-state index contributed by atoms with van der Waals surface area (Å²) >= 11 is 1.45. The predicted octanol–water partition coefficient (Wildman–Crippen LogP) is 1.13. The molecule has 1 fully saturated rings. The van der Waals surface area contributed by atoms with Gasteiger partial charge in [-0.2, -0.15) is 0 Å². The molecular formula is C12H17N5O3S. The van der Waals surface area contributed by atoms with Gasteiger partial charge >= 0.3 is 5.97 Å². The zero-order valence-electron chi connectivity index (χ0n) is 12.1. The maximum Gasteiger partial charge on any atom is 0.355 e. The molecule has 2 aliphatic heterocycles. The molecule has 2 atom stereocenters. The summed E-state index contributed by atoms with van der Waals surface area (Å²) in [7, 11) is 0. The second-order valence-electron chi connectivity index (χ2n) is 5.78. The molecule has 0 radical (unpaired) electrons. The average Bonchev–Trinajstić information content (AvgIpc) is 2.41. The molecule has 1 saturated heterocycles. The van der Waals surface area contributed by atoms with E-state index in [-0.39, 0.29) is 23.5 Å². The lowest BCUT2D eigenvalue weighted by atomic mass is 10.0. The number of β-lactam (4-membered cyclic amide) rings is 1. The van der Waals surface area contributed by atoms with Crippen LogP contribution in [0, 0.1) is 0 Å². The lowest BCUT2D eigenvalue weighted by Gasteiger charge is -2.48. The molecule has 1 amide bonds. The molecule has 0 aromatic rings. The summed E-state index contributed by atoms with van der Waals surface area (Å²) in [6.07, 6.45) is 0. The summed E-state index contributed by atoms with van der Waals surface area (Å²) < 4.78 is 5.35. The van der Waals surface area contributed by atoms with Crippen LogP contribution >= 0.6 is 11.8 Å². The zero-order valence-corrected chi connectivity index (χ0v) is 12.9. The molecule has 0 aromatic carbocycles. The number of carbonyl (C=O) groups is 2. The number of amides is 1. The van der Waals surface area contributed by atoms with Gasteiger partial charge < -0.3 is 10.5 Å². The average molecular weight is 311 g/mol. The highest BCUT2D eigenvalue weighted by Crippen LogP contribution is 2.40. The van der Waals surface area contributed by atoms with Gasteiger partial charge in [-0.1, -0.05) is 5.11 Å². The fourth-order valence-corrected chi connectivity index (χ4v) is 3.42. The summed E-state index contributed by atoms with van der Waals surface area (Å²) in [5, 5.41) is 3.23. The SMILES string of the molecule is CC(C)(C)OC(=O)C1=C(CN=[N+]=[N-])CS[C@@H]2C(N)C(=O)N12. The van der Waals surface area contributed by atoms with E-state index in [0.29, 0.717) is 11.3 Å². The van der Waals surface area contributed by atoms with E-state index < -0.39 is 17.6 Å². The Bertz CT molecular complexity index is 562. The number of nitrogens with zero attached hydrogens (tertiary/aromatic N) is 4. The van der Waals surface area contributed by atoms with E-state index in [1.807, 2.05) is 0 Å². The van der Waals surface area contributed by atoms with Crippen molar-refractivity contribution in [1.29, 1.82) is 0 Å². The Kier molecular flexibility index (Phi) is 4.18. The molecule has 8 nitrogen and oxygen atoms in total. The molecule has 114 valence electrons. The Hall–Kier alpha value is -1.70. The van der Waals surface area contributed by atoms with Crippen LogP contribution in [0.3, 0.4) is 0 Å². The minimum Gasteiger partial charge on any atom is -0.455 e. The first-order chi connectivity index (χ1) is 9.76. The van der Waals surface area contributed by atoms with Crippen LogP contribution in [-0.4, -0.2) is 46.1 Å². The smallest absolute Gasteiger partial charge is 0.355 e. The summed E-state index contributed by atoms with van der Waals surface area (Å²) in [6, 6.07) is -0.603. The lowest BCUT2D eigenvalue weighted by Crippen LogP contribution is -2.68. The van der Waals surface area contributed by atoms with Crippen molar-refractivity contribution < 1.29 is 14.3 Å². The lowest BCUT2D eigenvalue weighted by molar-refractivity contribution is -0.158. The van der Waals surface area contributed by atoms with Crippen LogP contribution in [0.5, 0.6) is 0 Å². The maximum atomic E-state index is 12.4. The Morgan fingerprint density at radius 2 is 2.29 bits per heavy atom. The summed E-state index contributed by atoms with van der Waals surface area (Å²) in [5.41, 5.74) is 14.3. The third-order valence-corrected chi connectivity index (χ3v) is 4.37. The first-order valence-electron chi connectivity index (χ1n) is 6.42. The minimum absolute atomic E-state index is 0.0316. The fourth-order valence-electron chi connectivity index (χ4n) is 2.13. The Morgan fingerprint density at radius 3 is 2.86 bits per heavy atom. The van der Waals surface area contributed by atoms with Gasteiger partial charge in [0.05, 0.1) is 6.54 Å². The summed E-state index contributed by atoms with van der Waals surface area (Å²) in [5.74, 6) is -0.418. The molecule has 0 aliphatic carbocycles. The third-order valence-electron chi connectivity index (χ3n) is 3.01. The van der Waals surface area contributed by atoms with Gasteiger partial charge in [0.15, 0.2) is 0 Å². The van der Waals surface area contributed by atoms with Crippen LogP contribution in [0.4, 0.5) is 0 Å². The summed E-state index contributed by atoms with van der Waals surface area (Å²) in [6.45, 7) is 5.27. The van der Waals surface area contributed by atoms with Crippen LogP contribution in [0.2, 0.25) is 0 Å². The van der Waals surface area contributed by atoms with Crippen molar-refractivity contribution in [3.63, 3.8) is 0 Å². The van der Waals surface area contributed by atoms with Gasteiger partial charge in [0, 0.05) is 10.7 Å². The fraction of sp³-hybridized carbons (Fsp3) is 0.667. The van der Waals surface area contributed by atoms with Crippen molar-refractivity contribution in [3.8, 4) is 0 Å². The maximum absolute atomic E-state index is 12.4. The number of hydrogen-bond donors (Lipinski definition) is 1. The minimum atomic E-state index is -0.677. The number of rotatable bonds is 3. The molecule has 2 rings (SSSR count). The van der Waals surface area contributed by atoms with Crippen molar-refractivity contribution >= 4 is 23.6 Å². The summed E-state index contributed by atoms with van der Waals surface area (Å²) in [4.78, 5) is 28.4. The van der Waals surface area contributed by atoms with E-state index >= 15 is 0 Å². The van der Waals surface area contributed by atoms with E-state index in [1.165, 1.54) is 16.7 Å². The molecular weight excluding hydrogens is 294 g/mol. The topological polar surface area (TPSA) is 121 Å². The molecule has 0 bridgehead atoms.